The molecule has 1 aliphatic rings. The van der Waals surface area contributed by atoms with Gasteiger partial charge in [0.1, 0.15) is 5.82 Å². The molecule has 0 unspecified atom stereocenters. The van der Waals surface area contributed by atoms with Crippen LogP contribution >= 0.6 is 0 Å². The maximum Gasteiger partial charge on any atom is 0.146 e. The number of fused-ring (bicyclic) bond motifs is 1. The normalized spacial score (nSPS) is 18.0. The lowest BCUT2D eigenvalue weighted by Gasteiger charge is -2.28. The van der Waals surface area contributed by atoms with Gasteiger partial charge in [-0.25, -0.2) is 4.39 Å². The first-order chi connectivity index (χ1) is 16.7. The molecule has 0 saturated heterocycles. The Morgan fingerprint density at radius 1 is 0.794 bits per heavy atom. The van der Waals surface area contributed by atoms with Crippen LogP contribution in [0.3, 0.4) is 0 Å². The number of unbranched alkanes of at least 4 members (excludes halogenated alkanes) is 3. The van der Waals surface area contributed by atoms with Crippen LogP contribution in [0.2, 0.25) is 0 Å². The van der Waals surface area contributed by atoms with Crippen LogP contribution in [0.4, 0.5) is 4.39 Å². The van der Waals surface area contributed by atoms with Gasteiger partial charge in [-0.2, -0.15) is 0 Å². The Kier molecular flexibility index (Phi) is 8.81. The van der Waals surface area contributed by atoms with Gasteiger partial charge in [0.25, 0.3) is 0 Å². The fourth-order valence-corrected chi connectivity index (χ4v) is 5.52. The number of benzene rings is 3. The van der Waals surface area contributed by atoms with Gasteiger partial charge in [0.15, 0.2) is 0 Å². The van der Waals surface area contributed by atoms with E-state index in [1.54, 1.807) is 0 Å². The molecule has 0 heterocycles. The smallest absolute Gasteiger partial charge is 0.146 e. The molecule has 0 atom stereocenters. The highest BCUT2D eigenvalue weighted by Crippen LogP contribution is 2.37. The highest BCUT2D eigenvalue weighted by atomic mass is 19.1. The molecule has 0 amide bonds. The van der Waals surface area contributed by atoms with Crippen LogP contribution in [0.5, 0.6) is 0 Å². The molecule has 4 rings (SSSR count). The molecule has 1 aliphatic carbocycles. The van der Waals surface area contributed by atoms with E-state index in [0.717, 1.165) is 23.3 Å². The minimum Gasteiger partial charge on any atom is -0.205 e. The van der Waals surface area contributed by atoms with Gasteiger partial charge in [0, 0.05) is 10.9 Å². The van der Waals surface area contributed by atoms with E-state index in [-0.39, 0.29) is 5.82 Å². The third-order valence-electron chi connectivity index (χ3n) is 7.60. The molecule has 1 fully saturated rings. The molecule has 0 bridgehead atoms. The fraction of sp³-hybridized carbons (Fsp3) is 0.455. The van der Waals surface area contributed by atoms with Gasteiger partial charge >= 0.3 is 0 Å². The lowest BCUT2D eigenvalue weighted by Crippen LogP contribution is -2.13. The van der Waals surface area contributed by atoms with E-state index in [9.17, 15) is 0 Å². The Labute approximate surface area is 206 Å². The molecule has 0 radical (unpaired) electrons. The molecule has 1 heteroatoms. The monoisotopic (exact) mass is 454 g/mol. The Morgan fingerprint density at radius 3 is 2.32 bits per heavy atom. The summed E-state index contributed by atoms with van der Waals surface area (Å²) in [5, 5.41) is 1.63. The molecule has 0 N–H and O–H groups in total. The van der Waals surface area contributed by atoms with E-state index in [2.05, 4.69) is 62.1 Å². The van der Waals surface area contributed by atoms with E-state index in [4.69, 9.17) is 0 Å². The quantitative estimate of drug-likeness (QED) is 0.235. The van der Waals surface area contributed by atoms with Gasteiger partial charge in [-0.05, 0) is 85.1 Å². The molecule has 0 nitrogen and oxygen atoms in total. The van der Waals surface area contributed by atoms with Crippen molar-refractivity contribution in [2.24, 2.45) is 5.92 Å². The average Bonchev–Trinajstić information content (AvgIpc) is 2.87. The lowest BCUT2D eigenvalue weighted by molar-refractivity contribution is 0.308. The van der Waals surface area contributed by atoms with Crippen molar-refractivity contribution in [3.05, 3.63) is 82.7 Å². The van der Waals surface area contributed by atoms with Gasteiger partial charge in [0.2, 0.25) is 0 Å². The van der Waals surface area contributed by atoms with Crippen LogP contribution < -0.4 is 0 Å². The topological polar surface area (TPSA) is 0 Å². The number of aryl methyl sites for hydroxylation is 1. The molecule has 3 aromatic carbocycles. The van der Waals surface area contributed by atoms with Gasteiger partial charge in [-0.1, -0.05) is 94.2 Å². The largest absolute Gasteiger partial charge is 0.205 e. The lowest BCUT2D eigenvalue weighted by atomic mass is 9.77. The van der Waals surface area contributed by atoms with Crippen LogP contribution in [0.1, 0.15) is 106 Å². The molecule has 178 valence electrons. The Hall–Kier alpha value is -2.59. The highest BCUT2D eigenvalue weighted by Gasteiger charge is 2.21. The second-order valence-corrected chi connectivity index (χ2v) is 10.2. The van der Waals surface area contributed by atoms with Crippen LogP contribution in [-0.2, 0) is 6.42 Å². The summed E-state index contributed by atoms with van der Waals surface area (Å²) < 4.78 is 15.1. The van der Waals surface area contributed by atoms with Crippen molar-refractivity contribution < 1.29 is 4.39 Å². The third-order valence-corrected chi connectivity index (χ3v) is 7.60. The maximum atomic E-state index is 15.1. The minimum absolute atomic E-state index is 0.206. The zero-order chi connectivity index (χ0) is 23.8. The van der Waals surface area contributed by atoms with Crippen molar-refractivity contribution in [2.45, 2.75) is 90.4 Å². The molecule has 1 saturated carbocycles. The summed E-state index contributed by atoms with van der Waals surface area (Å²) in [6, 6.07) is 18.6. The second-order valence-electron chi connectivity index (χ2n) is 10.2. The summed E-state index contributed by atoms with van der Waals surface area (Å²) in [5.74, 6) is 7.67. The molecule has 0 aromatic heterocycles. The van der Waals surface area contributed by atoms with Crippen molar-refractivity contribution in [1.29, 1.82) is 0 Å². The van der Waals surface area contributed by atoms with Crippen molar-refractivity contribution in [3.63, 3.8) is 0 Å². The van der Waals surface area contributed by atoms with Gasteiger partial charge in [-0.3, -0.25) is 0 Å². The maximum absolute atomic E-state index is 15.1. The number of hydrogen-bond donors (Lipinski definition) is 0. The van der Waals surface area contributed by atoms with Crippen molar-refractivity contribution in [3.8, 4) is 11.8 Å². The Morgan fingerprint density at radius 2 is 1.59 bits per heavy atom. The zero-order valence-corrected chi connectivity index (χ0v) is 21.0. The van der Waals surface area contributed by atoms with Crippen molar-refractivity contribution in [2.75, 3.05) is 0 Å². The zero-order valence-electron chi connectivity index (χ0n) is 21.0. The predicted molar refractivity (Wildman–Crippen MR) is 144 cm³/mol. The highest BCUT2D eigenvalue weighted by molar-refractivity contribution is 5.85. The van der Waals surface area contributed by atoms with E-state index in [1.165, 1.54) is 75.3 Å². The minimum atomic E-state index is -0.206. The summed E-state index contributed by atoms with van der Waals surface area (Å²) in [7, 11) is 0. The first-order valence-corrected chi connectivity index (χ1v) is 13.5. The first kappa shape index (κ1) is 24.5. The number of rotatable bonds is 8. The van der Waals surface area contributed by atoms with Crippen LogP contribution in [0.25, 0.3) is 10.8 Å². The van der Waals surface area contributed by atoms with E-state index in [0.29, 0.717) is 16.9 Å². The van der Waals surface area contributed by atoms with Crippen LogP contribution in [0, 0.1) is 23.6 Å². The van der Waals surface area contributed by atoms with Crippen molar-refractivity contribution >= 4 is 10.8 Å². The predicted octanol–water partition coefficient (Wildman–Crippen LogP) is 9.58. The van der Waals surface area contributed by atoms with Gasteiger partial charge < -0.3 is 0 Å². The molecule has 0 aliphatic heterocycles. The van der Waals surface area contributed by atoms with E-state index in [1.807, 2.05) is 18.2 Å². The molecule has 34 heavy (non-hydrogen) atoms. The molecular weight excluding hydrogens is 415 g/mol. The fourth-order valence-electron chi connectivity index (χ4n) is 5.52. The number of hydrogen-bond acceptors (Lipinski definition) is 0. The standard InChI is InChI=1S/C33H39F/c1-3-5-6-7-9-27-15-23-32-31(24-27)22-21-30(33(32)34)20-14-26-12-18-29(19-13-26)28-16-10-25(8-4-2)11-17-28/h12-13,15,18-19,21-25,28H,3-11,16-17H2,1-2H3. The second kappa shape index (κ2) is 12.2. The van der Waals surface area contributed by atoms with E-state index < -0.39 is 0 Å². The van der Waals surface area contributed by atoms with Gasteiger partial charge in [0.05, 0.1) is 5.56 Å². The summed E-state index contributed by atoms with van der Waals surface area (Å²) in [4.78, 5) is 0. The first-order valence-electron chi connectivity index (χ1n) is 13.5. The molecule has 0 spiro atoms. The van der Waals surface area contributed by atoms with Gasteiger partial charge in [-0.15, -0.1) is 0 Å². The Balaban J connectivity index is 1.41. The average molecular weight is 455 g/mol. The van der Waals surface area contributed by atoms with Crippen LogP contribution in [-0.4, -0.2) is 0 Å². The number of halogens is 1. The summed E-state index contributed by atoms with van der Waals surface area (Å²) >= 11 is 0. The Bertz CT molecular complexity index is 1120. The van der Waals surface area contributed by atoms with E-state index >= 15 is 4.39 Å². The SMILES string of the molecule is CCCCCCc1ccc2c(F)c(C#Cc3ccc(C4CCC(CCC)CC4)cc3)ccc2c1. The summed E-state index contributed by atoms with van der Waals surface area (Å²) in [5.41, 5.74) is 4.15. The summed E-state index contributed by atoms with van der Waals surface area (Å²) in [6.45, 7) is 4.52. The van der Waals surface area contributed by atoms with Crippen molar-refractivity contribution in [1.82, 2.24) is 0 Å². The third kappa shape index (κ3) is 6.29. The molecular formula is C33H39F. The summed E-state index contributed by atoms with van der Waals surface area (Å²) in [6.07, 6.45) is 14.1. The molecule has 3 aromatic rings. The van der Waals surface area contributed by atoms with Crippen LogP contribution in [0.15, 0.2) is 54.6 Å².